The molecule has 0 aliphatic rings. The topological polar surface area (TPSA) is 55.0 Å². The van der Waals surface area contributed by atoms with Gasteiger partial charge in [-0.25, -0.2) is 4.79 Å². The second-order valence-corrected chi connectivity index (χ2v) is 2.15. The van der Waals surface area contributed by atoms with E-state index in [0.29, 0.717) is 12.3 Å². The molecule has 13 heavy (non-hydrogen) atoms. The molecule has 1 heterocycles. The van der Waals surface area contributed by atoms with Crippen LogP contribution in [0.2, 0.25) is 0 Å². The van der Waals surface area contributed by atoms with E-state index in [1.54, 1.807) is 20.0 Å². The van der Waals surface area contributed by atoms with Crippen molar-refractivity contribution < 1.29 is 9.53 Å². The van der Waals surface area contributed by atoms with E-state index < -0.39 is 0 Å². The van der Waals surface area contributed by atoms with Crippen molar-refractivity contribution in [1.82, 2.24) is 10.2 Å². The predicted molar refractivity (Wildman–Crippen MR) is 50.6 cm³/mol. The number of aromatic nitrogens is 2. The van der Waals surface area contributed by atoms with Crippen LogP contribution < -0.4 is 0 Å². The van der Waals surface area contributed by atoms with Crippen molar-refractivity contribution >= 4 is 5.97 Å². The van der Waals surface area contributed by atoms with Crippen LogP contribution in [0.5, 0.6) is 0 Å². The van der Waals surface area contributed by atoms with Gasteiger partial charge in [-0.15, -0.1) is 0 Å². The molecule has 0 saturated heterocycles. The molecule has 0 bridgehead atoms. The number of hydrogen-bond donors (Lipinski definition) is 1. The van der Waals surface area contributed by atoms with Crippen LogP contribution in [0, 0.1) is 6.92 Å². The molecule has 1 N–H and O–H groups in total. The summed E-state index contributed by atoms with van der Waals surface area (Å²) in [5, 5.41) is 6.26. The molecule has 0 fully saturated rings. The fourth-order valence-electron chi connectivity index (χ4n) is 0.756. The Hall–Kier alpha value is -1.32. The van der Waals surface area contributed by atoms with Gasteiger partial charge in [-0.2, -0.15) is 5.10 Å². The number of hydrogen-bond acceptors (Lipinski definition) is 3. The number of nitrogens with zero attached hydrogens (tertiary/aromatic N) is 1. The van der Waals surface area contributed by atoms with E-state index in [0.717, 1.165) is 5.56 Å². The van der Waals surface area contributed by atoms with E-state index in [4.69, 9.17) is 4.74 Å². The van der Waals surface area contributed by atoms with E-state index in [-0.39, 0.29) is 5.97 Å². The molecule has 0 aromatic carbocycles. The Kier molecular flexibility index (Phi) is 5.59. The summed E-state index contributed by atoms with van der Waals surface area (Å²) in [6.07, 6.45) is 1.59. The molecule has 1 aromatic heterocycles. The quantitative estimate of drug-likeness (QED) is 0.714. The summed E-state index contributed by atoms with van der Waals surface area (Å²) >= 11 is 0. The molecular weight excluding hydrogens is 168 g/mol. The number of nitrogens with one attached hydrogen (secondary N) is 1. The Morgan fingerprint density at radius 3 is 2.62 bits per heavy atom. The number of H-pyrrole nitrogens is 1. The SMILES string of the molecule is CC.CCOC(=O)c1[nH]ncc1C. The number of carbonyl (C=O) groups is 1. The third kappa shape index (κ3) is 3.27. The van der Waals surface area contributed by atoms with Crippen molar-refractivity contribution in [3.8, 4) is 0 Å². The van der Waals surface area contributed by atoms with Crippen LogP contribution >= 0.6 is 0 Å². The smallest absolute Gasteiger partial charge is 0.356 e. The Morgan fingerprint density at radius 1 is 1.62 bits per heavy atom. The first-order valence-corrected chi connectivity index (χ1v) is 4.42. The highest BCUT2D eigenvalue weighted by Crippen LogP contribution is 2.03. The lowest BCUT2D eigenvalue weighted by Crippen LogP contribution is -2.06. The molecular formula is C9H16N2O2. The lowest BCUT2D eigenvalue weighted by atomic mass is 10.3. The molecule has 0 amide bonds. The van der Waals surface area contributed by atoms with Gasteiger partial charge in [0.1, 0.15) is 5.69 Å². The predicted octanol–water partition coefficient (Wildman–Crippen LogP) is 1.92. The second-order valence-electron chi connectivity index (χ2n) is 2.15. The third-order valence-electron chi connectivity index (χ3n) is 1.31. The first-order chi connectivity index (χ1) is 6.25. The number of ether oxygens (including phenoxy) is 1. The van der Waals surface area contributed by atoms with Crippen molar-refractivity contribution in [2.45, 2.75) is 27.7 Å². The average molecular weight is 184 g/mol. The van der Waals surface area contributed by atoms with Gasteiger partial charge in [-0.1, -0.05) is 13.8 Å². The minimum atomic E-state index is -0.345. The van der Waals surface area contributed by atoms with Crippen molar-refractivity contribution in [3.05, 3.63) is 17.5 Å². The van der Waals surface area contributed by atoms with Gasteiger partial charge in [0, 0.05) is 5.56 Å². The number of carbonyl (C=O) groups excluding carboxylic acids is 1. The summed E-state index contributed by atoms with van der Waals surface area (Å²) in [6, 6.07) is 0. The normalized spacial score (nSPS) is 8.62. The molecule has 0 unspecified atom stereocenters. The van der Waals surface area contributed by atoms with Crippen molar-refractivity contribution in [1.29, 1.82) is 0 Å². The molecule has 1 rings (SSSR count). The van der Waals surface area contributed by atoms with Crippen LogP contribution in [0.3, 0.4) is 0 Å². The standard InChI is InChI=1S/C7H10N2O2.C2H6/c1-3-11-7(10)6-5(2)4-8-9-6;1-2/h4H,3H2,1-2H3,(H,8,9);1-2H3. The van der Waals surface area contributed by atoms with Crippen LogP contribution in [0.4, 0.5) is 0 Å². The maximum Gasteiger partial charge on any atom is 0.356 e. The lowest BCUT2D eigenvalue weighted by molar-refractivity contribution is 0.0518. The zero-order valence-electron chi connectivity index (χ0n) is 8.55. The number of aryl methyl sites for hydroxylation is 1. The van der Waals surface area contributed by atoms with Crippen LogP contribution in [0.15, 0.2) is 6.20 Å². The van der Waals surface area contributed by atoms with Crippen molar-refractivity contribution in [2.24, 2.45) is 0 Å². The van der Waals surface area contributed by atoms with Gasteiger partial charge in [0.25, 0.3) is 0 Å². The number of aromatic amines is 1. The van der Waals surface area contributed by atoms with Gasteiger partial charge in [0.05, 0.1) is 12.8 Å². The maximum absolute atomic E-state index is 11.0. The van der Waals surface area contributed by atoms with Crippen LogP contribution in [-0.2, 0) is 4.74 Å². The summed E-state index contributed by atoms with van der Waals surface area (Å²) < 4.78 is 4.76. The van der Waals surface area contributed by atoms with Gasteiger partial charge < -0.3 is 4.74 Å². The maximum atomic E-state index is 11.0. The number of esters is 1. The van der Waals surface area contributed by atoms with Gasteiger partial charge in [-0.05, 0) is 13.8 Å². The van der Waals surface area contributed by atoms with Crippen LogP contribution in [0.1, 0.15) is 36.8 Å². The molecule has 4 nitrogen and oxygen atoms in total. The van der Waals surface area contributed by atoms with Gasteiger partial charge in [0.2, 0.25) is 0 Å². The summed E-state index contributed by atoms with van der Waals surface area (Å²) in [7, 11) is 0. The molecule has 0 atom stereocenters. The average Bonchev–Trinajstić information content (AvgIpc) is 2.55. The van der Waals surface area contributed by atoms with Crippen LogP contribution in [-0.4, -0.2) is 22.8 Å². The van der Waals surface area contributed by atoms with Crippen LogP contribution in [0.25, 0.3) is 0 Å². The lowest BCUT2D eigenvalue weighted by Gasteiger charge is -1.97. The largest absolute Gasteiger partial charge is 0.461 e. The minimum absolute atomic E-state index is 0.345. The molecule has 0 saturated carbocycles. The molecule has 0 spiro atoms. The highest BCUT2D eigenvalue weighted by molar-refractivity contribution is 5.88. The fourth-order valence-corrected chi connectivity index (χ4v) is 0.756. The molecule has 0 radical (unpaired) electrons. The molecule has 0 aliphatic carbocycles. The Bertz CT molecular complexity index is 256. The van der Waals surface area contributed by atoms with Gasteiger partial charge >= 0.3 is 5.97 Å². The monoisotopic (exact) mass is 184 g/mol. The van der Waals surface area contributed by atoms with E-state index in [1.165, 1.54) is 0 Å². The highest BCUT2D eigenvalue weighted by Gasteiger charge is 2.10. The third-order valence-corrected chi connectivity index (χ3v) is 1.31. The van der Waals surface area contributed by atoms with E-state index in [1.807, 2.05) is 13.8 Å². The van der Waals surface area contributed by atoms with E-state index in [9.17, 15) is 4.79 Å². The molecule has 74 valence electrons. The van der Waals surface area contributed by atoms with Gasteiger partial charge in [0.15, 0.2) is 0 Å². The molecule has 0 aliphatic heterocycles. The van der Waals surface area contributed by atoms with Crippen molar-refractivity contribution in [3.63, 3.8) is 0 Å². The summed E-state index contributed by atoms with van der Waals surface area (Å²) in [4.78, 5) is 11.0. The highest BCUT2D eigenvalue weighted by atomic mass is 16.5. The van der Waals surface area contributed by atoms with E-state index >= 15 is 0 Å². The van der Waals surface area contributed by atoms with E-state index in [2.05, 4.69) is 10.2 Å². The molecule has 1 aromatic rings. The number of rotatable bonds is 2. The second kappa shape index (κ2) is 6.22. The molecule has 4 heteroatoms. The first kappa shape index (κ1) is 11.7. The zero-order valence-corrected chi connectivity index (χ0v) is 8.55. The first-order valence-electron chi connectivity index (χ1n) is 4.42. The summed E-state index contributed by atoms with van der Waals surface area (Å²) in [6.45, 7) is 7.96. The summed E-state index contributed by atoms with van der Waals surface area (Å²) in [5.74, 6) is -0.345. The Labute approximate surface area is 78.3 Å². The Balaban J connectivity index is 0.000000671. The summed E-state index contributed by atoms with van der Waals surface area (Å²) in [5.41, 5.74) is 1.25. The fraction of sp³-hybridized carbons (Fsp3) is 0.556. The zero-order chi connectivity index (χ0) is 10.3. The van der Waals surface area contributed by atoms with Gasteiger partial charge in [-0.3, -0.25) is 5.10 Å². The minimum Gasteiger partial charge on any atom is -0.461 e. The Morgan fingerprint density at radius 2 is 2.23 bits per heavy atom. The van der Waals surface area contributed by atoms with Crippen molar-refractivity contribution in [2.75, 3.05) is 6.61 Å².